The van der Waals surface area contributed by atoms with E-state index in [9.17, 15) is 19.3 Å². The van der Waals surface area contributed by atoms with Crippen molar-refractivity contribution in [1.29, 1.82) is 0 Å². The Balaban J connectivity index is 1.78. The molecule has 0 spiro atoms. The molecule has 0 aliphatic rings. The third-order valence-electron chi connectivity index (χ3n) is 4.03. The molecule has 0 atom stereocenters. The summed E-state index contributed by atoms with van der Waals surface area (Å²) in [5.74, 6) is -0.462. The molecule has 2 N–H and O–H groups in total. The molecule has 0 radical (unpaired) electrons. The van der Waals surface area contributed by atoms with Gasteiger partial charge in [0.05, 0.1) is 10.5 Å². The van der Waals surface area contributed by atoms with Crippen LogP contribution in [0.5, 0.6) is 11.6 Å². The van der Waals surface area contributed by atoms with E-state index in [2.05, 4.69) is 15.6 Å². The number of benzene rings is 2. The van der Waals surface area contributed by atoms with E-state index in [0.29, 0.717) is 11.3 Å². The van der Waals surface area contributed by atoms with Crippen molar-refractivity contribution < 1.29 is 18.8 Å². The van der Waals surface area contributed by atoms with Crippen LogP contribution in [0.25, 0.3) is 0 Å². The van der Waals surface area contributed by atoms with Gasteiger partial charge in [-0.25, -0.2) is 9.37 Å². The van der Waals surface area contributed by atoms with Crippen molar-refractivity contribution in [2.75, 3.05) is 12.4 Å². The third-order valence-corrected chi connectivity index (χ3v) is 4.03. The van der Waals surface area contributed by atoms with Crippen molar-refractivity contribution in [3.05, 3.63) is 87.9 Å². The van der Waals surface area contributed by atoms with Crippen molar-refractivity contribution in [3.63, 3.8) is 0 Å². The number of non-ortho nitro benzene ring substituents is 1. The topological polar surface area (TPSA) is 106 Å². The summed E-state index contributed by atoms with van der Waals surface area (Å²) < 4.78 is 19.0. The Bertz CT molecular complexity index is 1060. The van der Waals surface area contributed by atoms with Crippen LogP contribution in [-0.4, -0.2) is 22.9 Å². The van der Waals surface area contributed by atoms with Gasteiger partial charge < -0.3 is 15.4 Å². The molecule has 1 aromatic heterocycles. The van der Waals surface area contributed by atoms with Crippen LogP contribution in [0.3, 0.4) is 0 Å². The largest absolute Gasteiger partial charge is 0.439 e. The van der Waals surface area contributed by atoms with Crippen LogP contribution in [0.15, 0.2) is 60.8 Å². The summed E-state index contributed by atoms with van der Waals surface area (Å²) in [5.41, 5.74) is 0.959. The van der Waals surface area contributed by atoms with Gasteiger partial charge in [-0.1, -0.05) is 12.1 Å². The Hall–Kier alpha value is -4.01. The summed E-state index contributed by atoms with van der Waals surface area (Å²) in [6, 6.07) is 13.0. The lowest BCUT2D eigenvalue weighted by atomic mass is 10.1. The Morgan fingerprint density at radius 1 is 1.21 bits per heavy atom. The molecule has 8 nitrogen and oxygen atoms in total. The first-order chi connectivity index (χ1) is 14.0. The molecule has 2 aromatic carbocycles. The van der Waals surface area contributed by atoms with Crippen molar-refractivity contribution in [2.45, 2.75) is 6.54 Å². The molecular weight excluding hydrogens is 379 g/mol. The van der Waals surface area contributed by atoms with E-state index >= 15 is 0 Å². The van der Waals surface area contributed by atoms with E-state index in [1.807, 2.05) is 0 Å². The highest BCUT2D eigenvalue weighted by Crippen LogP contribution is 2.24. The zero-order valence-electron chi connectivity index (χ0n) is 15.4. The van der Waals surface area contributed by atoms with Crippen LogP contribution in [-0.2, 0) is 6.54 Å². The van der Waals surface area contributed by atoms with Crippen LogP contribution in [0.2, 0.25) is 0 Å². The van der Waals surface area contributed by atoms with Crippen molar-refractivity contribution in [2.24, 2.45) is 0 Å². The molecule has 3 rings (SSSR count). The first kappa shape index (κ1) is 19.7. The maximum atomic E-state index is 13.4. The fourth-order valence-electron chi connectivity index (χ4n) is 2.62. The maximum absolute atomic E-state index is 13.4. The van der Waals surface area contributed by atoms with Crippen LogP contribution in [0.4, 0.5) is 15.8 Å². The number of nitrogens with one attached hydrogen (secondary N) is 2. The number of carbonyl (C=O) groups excluding carboxylic acids is 1. The zero-order valence-corrected chi connectivity index (χ0v) is 15.4. The first-order valence-electron chi connectivity index (χ1n) is 8.59. The molecule has 0 saturated heterocycles. The van der Waals surface area contributed by atoms with Crippen molar-refractivity contribution in [1.82, 2.24) is 10.3 Å². The summed E-state index contributed by atoms with van der Waals surface area (Å²) >= 11 is 0. The first-order valence-corrected chi connectivity index (χ1v) is 8.59. The Kier molecular flexibility index (Phi) is 5.98. The van der Waals surface area contributed by atoms with Crippen molar-refractivity contribution >= 4 is 17.3 Å². The van der Waals surface area contributed by atoms with E-state index in [1.165, 1.54) is 42.6 Å². The van der Waals surface area contributed by atoms with Crippen LogP contribution in [0.1, 0.15) is 15.9 Å². The molecule has 1 heterocycles. The number of rotatable bonds is 7. The van der Waals surface area contributed by atoms with Gasteiger partial charge in [0.15, 0.2) is 0 Å². The Labute approximate surface area is 165 Å². The second-order valence-corrected chi connectivity index (χ2v) is 5.95. The van der Waals surface area contributed by atoms with E-state index in [-0.39, 0.29) is 29.4 Å². The van der Waals surface area contributed by atoms with E-state index in [4.69, 9.17) is 4.74 Å². The van der Waals surface area contributed by atoms with Gasteiger partial charge in [-0.15, -0.1) is 0 Å². The maximum Gasteiger partial charge on any atom is 0.270 e. The van der Waals surface area contributed by atoms with Gasteiger partial charge in [-0.3, -0.25) is 14.9 Å². The average molecular weight is 396 g/mol. The number of halogens is 1. The van der Waals surface area contributed by atoms with Crippen LogP contribution < -0.4 is 15.4 Å². The SMILES string of the molecule is CNc1ccc([N+](=O)[O-])cc1C(=O)NCc1cccnc1Oc1cccc(F)c1. The standard InChI is InChI=1S/C20H17FN4O4/c1-22-18-8-7-15(25(27)28)11-17(18)19(26)24-12-13-4-3-9-23-20(13)29-16-6-2-5-14(21)10-16/h2-11,22H,12H2,1H3,(H,24,26). The summed E-state index contributed by atoms with van der Waals surface area (Å²) in [6.45, 7) is 0.0587. The van der Waals surface area contributed by atoms with Gasteiger partial charge in [-0.05, 0) is 24.3 Å². The van der Waals surface area contributed by atoms with Crippen LogP contribution in [0, 0.1) is 15.9 Å². The molecule has 1 amide bonds. The summed E-state index contributed by atoms with van der Waals surface area (Å²) in [7, 11) is 1.62. The van der Waals surface area contributed by atoms with Crippen molar-refractivity contribution in [3.8, 4) is 11.6 Å². The second kappa shape index (κ2) is 8.79. The molecule has 0 unspecified atom stereocenters. The van der Waals surface area contributed by atoms with E-state index in [1.54, 1.807) is 25.2 Å². The highest BCUT2D eigenvalue weighted by molar-refractivity contribution is 6.00. The second-order valence-electron chi connectivity index (χ2n) is 5.95. The number of pyridine rings is 1. The quantitative estimate of drug-likeness (QED) is 0.463. The van der Waals surface area contributed by atoms with Gasteiger partial charge in [0.25, 0.3) is 11.6 Å². The molecule has 0 aliphatic carbocycles. The molecule has 0 bridgehead atoms. The van der Waals surface area contributed by atoms with Gasteiger partial charge >= 0.3 is 0 Å². The molecular formula is C20H17FN4O4. The number of hydrogen-bond acceptors (Lipinski definition) is 6. The summed E-state index contributed by atoms with van der Waals surface area (Å²) in [4.78, 5) is 27.2. The van der Waals surface area contributed by atoms with Gasteiger partial charge in [0, 0.05) is 49.2 Å². The molecule has 148 valence electrons. The Morgan fingerprint density at radius 3 is 2.76 bits per heavy atom. The van der Waals surface area contributed by atoms with Gasteiger partial charge in [0.1, 0.15) is 11.6 Å². The lowest BCUT2D eigenvalue weighted by molar-refractivity contribution is -0.384. The highest BCUT2D eigenvalue weighted by Gasteiger charge is 2.17. The predicted octanol–water partition coefficient (Wildman–Crippen LogP) is 3.89. The number of anilines is 1. The number of nitro groups is 1. The van der Waals surface area contributed by atoms with E-state index in [0.717, 1.165) is 0 Å². The fraction of sp³-hybridized carbons (Fsp3) is 0.100. The third kappa shape index (κ3) is 4.83. The Morgan fingerprint density at radius 2 is 2.03 bits per heavy atom. The lowest BCUT2D eigenvalue weighted by Crippen LogP contribution is -2.24. The minimum atomic E-state index is -0.567. The average Bonchev–Trinajstić information content (AvgIpc) is 2.72. The number of amides is 1. The number of nitrogens with zero attached hydrogens (tertiary/aromatic N) is 2. The summed E-state index contributed by atoms with van der Waals surface area (Å²) in [6.07, 6.45) is 1.51. The molecule has 0 fully saturated rings. The molecule has 0 aliphatic heterocycles. The fourth-order valence-corrected chi connectivity index (χ4v) is 2.62. The number of hydrogen-bond donors (Lipinski definition) is 2. The minimum absolute atomic E-state index is 0.0587. The normalized spacial score (nSPS) is 10.3. The summed E-state index contributed by atoms with van der Waals surface area (Å²) in [5, 5.41) is 16.5. The number of aromatic nitrogens is 1. The smallest absolute Gasteiger partial charge is 0.270 e. The molecule has 9 heteroatoms. The zero-order chi connectivity index (χ0) is 20.8. The number of carbonyl (C=O) groups is 1. The monoisotopic (exact) mass is 396 g/mol. The molecule has 3 aromatic rings. The lowest BCUT2D eigenvalue weighted by Gasteiger charge is -2.12. The molecule has 0 saturated carbocycles. The minimum Gasteiger partial charge on any atom is -0.439 e. The number of ether oxygens (including phenoxy) is 1. The molecule has 29 heavy (non-hydrogen) atoms. The number of nitro benzene ring substituents is 1. The van der Waals surface area contributed by atoms with Crippen LogP contribution >= 0.6 is 0 Å². The van der Waals surface area contributed by atoms with E-state index < -0.39 is 16.6 Å². The van der Waals surface area contributed by atoms with Gasteiger partial charge in [0.2, 0.25) is 5.88 Å². The predicted molar refractivity (Wildman–Crippen MR) is 105 cm³/mol. The van der Waals surface area contributed by atoms with Gasteiger partial charge in [-0.2, -0.15) is 0 Å². The highest BCUT2D eigenvalue weighted by atomic mass is 19.1.